The van der Waals surface area contributed by atoms with Gasteiger partial charge in [0.2, 0.25) is 0 Å². The zero-order valence-electron chi connectivity index (χ0n) is 19.7. The van der Waals surface area contributed by atoms with Crippen molar-refractivity contribution in [3.05, 3.63) is 48.2 Å². The Morgan fingerprint density at radius 3 is 2.14 bits per heavy atom. The minimum absolute atomic E-state index is 0.0815. The van der Waals surface area contributed by atoms with E-state index in [2.05, 4.69) is 15.2 Å². The van der Waals surface area contributed by atoms with Gasteiger partial charge in [-0.15, -0.1) is 0 Å². The number of carbonyl (C=O) groups is 1. The summed E-state index contributed by atoms with van der Waals surface area (Å²) in [6.07, 6.45) is 1.37. The van der Waals surface area contributed by atoms with E-state index in [9.17, 15) is 26.4 Å². The predicted octanol–water partition coefficient (Wildman–Crippen LogP) is 3.98. The molecular weight excluding hydrogens is 483 g/mol. The zero-order valence-corrected chi connectivity index (χ0v) is 20.5. The molecule has 0 aliphatic carbocycles. The zero-order chi connectivity index (χ0) is 25.6. The van der Waals surface area contributed by atoms with Crippen molar-refractivity contribution in [3.8, 4) is 5.75 Å². The monoisotopic (exact) mass is 511 g/mol. The number of nitrogens with zero attached hydrogens (tertiary/aromatic N) is 2. The highest BCUT2D eigenvalue weighted by Gasteiger charge is 2.43. The molecule has 11 heteroatoms. The number of benzene rings is 1. The number of piperidine rings is 1. The molecule has 2 fully saturated rings. The summed E-state index contributed by atoms with van der Waals surface area (Å²) >= 11 is 0. The average molecular weight is 512 g/mol. The summed E-state index contributed by atoms with van der Waals surface area (Å²) in [5, 5.41) is 3.05. The number of hydrogen-bond acceptors (Lipinski definition) is 6. The summed E-state index contributed by atoms with van der Waals surface area (Å²) < 4.78 is 67.5. The average Bonchev–Trinajstić information content (AvgIpc) is 3.03. The van der Waals surface area contributed by atoms with E-state index >= 15 is 0 Å². The van der Waals surface area contributed by atoms with Gasteiger partial charge in [0.25, 0.3) is 5.91 Å². The largest absolute Gasteiger partial charge is 0.478 e. The van der Waals surface area contributed by atoms with Gasteiger partial charge >= 0.3 is 6.18 Å². The summed E-state index contributed by atoms with van der Waals surface area (Å²) in [4.78, 5) is 19.7. The van der Waals surface area contributed by atoms with Crippen LogP contribution in [-0.2, 0) is 20.8 Å². The number of fused-ring (bicyclic) bond motifs is 2. The van der Waals surface area contributed by atoms with Crippen molar-refractivity contribution in [3.63, 3.8) is 0 Å². The molecule has 1 N–H and O–H groups in total. The van der Waals surface area contributed by atoms with E-state index in [0.29, 0.717) is 12.8 Å². The Labute approximate surface area is 202 Å². The van der Waals surface area contributed by atoms with Gasteiger partial charge in [-0.2, -0.15) is 13.2 Å². The summed E-state index contributed by atoms with van der Waals surface area (Å²) in [6, 6.07) is 7.79. The van der Waals surface area contributed by atoms with Crippen molar-refractivity contribution < 1.29 is 31.1 Å². The minimum Gasteiger partial charge on any atom is -0.478 e. The van der Waals surface area contributed by atoms with Gasteiger partial charge in [-0.25, -0.2) is 13.4 Å². The molecule has 0 spiro atoms. The molecule has 1 aromatic carbocycles. The van der Waals surface area contributed by atoms with E-state index in [1.807, 2.05) is 0 Å². The first kappa shape index (κ1) is 25.3. The maximum atomic E-state index is 13.0. The molecule has 7 nitrogen and oxygen atoms in total. The number of alkyl halides is 3. The first-order chi connectivity index (χ1) is 16.2. The summed E-state index contributed by atoms with van der Waals surface area (Å²) in [6.45, 7) is 3.16. The van der Waals surface area contributed by atoms with Gasteiger partial charge in [0, 0.05) is 30.6 Å². The van der Waals surface area contributed by atoms with E-state index < -0.39 is 27.2 Å². The van der Waals surface area contributed by atoms with Crippen LogP contribution in [0.25, 0.3) is 0 Å². The van der Waals surface area contributed by atoms with Crippen molar-refractivity contribution >= 4 is 21.6 Å². The van der Waals surface area contributed by atoms with Crippen LogP contribution in [0, 0.1) is 0 Å². The normalized spacial score (nSPS) is 22.7. The summed E-state index contributed by atoms with van der Waals surface area (Å²) in [5.74, 6) is 0.558. The highest BCUT2D eigenvalue weighted by atomic mass is 32.2. The number of nitrogens with one attached hydrogen (secondary N) is 1. The Morgan fingerprint density at radius 1 is 1.06 bits per heavy atom. The molecule has 2 aliphatic heterocycles. The lowest BCUT2D eigenvalue weighted by atomic mass is 9.96. The van der Waals surface area contributed by atoms with E-state index in [-0.39, 0.29) is 34.7 Å². The van der Waals surface area contributed by atoms with Gasteiger partial charge in [0.1, 0.15) is 11.6 Å². The Morgan fingerprint density at radius 2 is 1.66 bits per heavy atom. The molecule has 2 bridgehead atoms. The van der Waals surface area contributed by atoms with Crippen LogP contribution in [0.4, 0.5) is 19.0 Å². The van der Waals surface area contributed by atoms with Gasteiger partial charge < -0.3 is 15.0 Å². The Balaban J connectivity index is 1.38. The van der Waals surface area contributed by atoms with Crippen LogP contribution < -0.4 is 15.0 Å². The number of aromatic nitrogens is 1. The predicted molar refractivity (Wildman–Crippen MR) is 124 cm³/mol. The van der Waals surface area contributed by atoms with Crippen molar-refractivity contribution in [1.82, 2.24) is 10.3 Å². The summed E-state index contributed by atoms with van der Waals surface area (Å²) in [5.41, 5.74) is -2.06. The fourth-order valence-corrected chi connectivity index (χ4v) is 5.39. The van der Waals surface area contributed by atoms with E-state index in [4.69, 9.17) is 4.74 Å². The number of amides is 1. The molecule has 190 valence electrons. The SMILES string of the molecule is CC(C)(Oc1ccc(C(F)(F)F)cc1)C(=O)N[C@H]1C[C@H]2CC[C@@H](C1)N2c1ccc(S(C)(=O)=O)cn1. The molecule has 1 amide bonds. The van der Waals surface area contributed by atoms with Crippen molar-refractivity contribution in [1.29, 1.82) is 0 Å². The van der Waals surface area contributed by atoms with Crippen LogP contribution in [0.3, 0.4) is 0 Å². The highest BCUT2D eigenvalue weighted by Crippen LogP contribution is 2.39. The van der Waals surface area contributed by atoms with Gasteiger partial charge in [-0.3, -0.25) is 4.79 Å². The number of ether oxygens (including phenoxy) is 1. The van der Waals surface area contributed by atoms with Gasteiger partial charge in [-0.1, -0.05) is 0 Å². The number of anilines is 1. The van der Waals surface area contributed by atoms with Crippen LogP contribution >= 0.6 is 0 Å². The Bertz CT molecular complexity index is 1170. The lowest BCUT2D eigenvalue weighted by Gasteiger charge is -2.40. The first-order valence-electron chi connectivity index (χ1n) is 11.4. The number of rotatable bonds is 6. The third-order valence-corrected chi connectivity index (χ3v) is 7.68. The first-order valence-corrected chi connectivity index (χ1v) is 13.2. The maximum Gasteiger partial charge on any atom is 0.416 e. The molecule has 3 atom stereocenters. The van der Waals surface area contributed by atoms with Crippen LogP contribution in [0.2, 0.25) is 0 Å². The third kappa shape index (κ3) is 5.55. The Hall–Kier alpha value is -2.82. The number of halogens is 3. The third-order valence-electron chi connectivity index (χ3n) is 6.58. The van der Waals surface area contributed by atoms with Gasteiger partial charge in [0.05, 0.1) is 10.5 Å². The molecule has 1 aromatic heterocycles. The quantitative estimate of drug-likeness (QED) is 0.631. The lowest BCUT2D eigenvalue weighted by molar-refractivity contribution is -0.138. The molecule has 0 saturated carbocycles. The fourth-order valence-electron chi connectivity index (χ4n) is 4.83. The summed E-state index contributed by atoms with van der Waals surface area (Å²) in [7, 11) is -3.32. The van der Waals surface area contributed by atoms with Crippen LogP contribution in [0.5, 0.6) is 5.75 Å². The number of sulfone groups is 1. The molecule has 0 radical (unpaired) electrons. The second-order valence-electron chi connectivity index (χ2n) is 9.69. The molecule has 35 heavy (non-hydrogen) atoms. The minimum atomic E-state index is -4.44. The van der Waals surface area contributed by atoms with Crippen LogP contribution in [-0.4, -0.2) is 49.3 Å². The molecule has 3 heterocycles. The smallest absolute Gasteiger partial charge is 0.416 e. The number of hydrogen-bond donors (Lipinski definition) is 1. The lowest BCUT2D eigenvalue weighted by Crippen LogP contribution is -2.55. The van der Waals surface area contributed by atoms with Gasteiger partial charge in [-0.05, 0) is 75.9 Å². The molecular formula is C24H28F3N3O4S. The van der Waals surface area contributed by atoms with Crippen molar-refractivity contribution in [2.75, 3.05) is 11.2 Å². The standard InChI is InChI=1S/C24H28F3N3O4S/c1-23(2,34-19-8-4-15(5-9-19)24(25,26)27)22(31)29-16-12-17-6-7-18(13-16)30(17)21-11-10-20(14-28-21)35(3,32)33/h4-5,8-11,14,16-18H,6-7,12-13H2,1-3H3,(H,29,31)/t16-,17+,18-. The topological polar surface area (TPSA) is 88.6 Å². The second kappa shape index (κ2) is 9.00. The molecule has 2 aromatic rings. The highest BCUT2D eigenvalue weighted by molar-refractivity contribution is 7.90. The van der Waals surface area contributed by atoms with Crippen LogP contribution in [0.1, 0.15) is 45.1 Å². The molecule has 4 rings (SSSR count). The maximum absolute atomic E-state index is 13.0. The van der Waals surface area contributed by atoms with E-state index in [1.165, 1.54) is 18.3 Å². The Kier molecular flexibility index (Phi) is 6.50. The van der Waals surface area contributed by atoms with Crippen LogP contribution in [0.15, 0.2) is 47.5 Å². The number of carbonyl (C=O) groups excluding carboxylic acids is 1. The molecule has 2 aliphatic rings. The fraction of sp³-hybridized carbons (Fsp3) is 0.500. The second-order valence-corrected chi connectivity index (χ2v) is 11.7. The number of pyridine rings is 1. The van der Waals surface area contributed by atoms with Gasteiger partial charge in [0.15, 0.2) is 15.4 Å². The van der Waals surface area contributed by atoms with Crippen molar-refractivity contribution in [2.45, 2.75) is 74.3 Å². The molecule has 2 saturated heterocycles. The van der Waals surface area contributed by atoms with E-state index in [1.54, 1.807) is 26.0 Å². The van der Waals surface area contributed by atoms with Crippen molar-refractivity contribution in [2.24, 2.45) is 0 Å². The van der Waals surface area contributed by atoms with E-state index in [0.717, 1.165) is 37.0 Å². The molecule has 0 unspecified atom stereocenters.